The molecule has 4 rings (SSSR count). The predicted octanol–water partition coefficient (Wildman–Crippen LogP) is 4.16. The Morgan fingerprint density at radius 3 is 2.56 bits per heavy atom. The number of rotatable bonds is 4. The van der Waals surface area contributed by atoms with Crippen molar-refractivity contribution in [2.24, 2.45) is 0 Å². The molecule has 3 aromatic heterocycles. The molecular formula is C20H16N4O3. The number of methoxy groups -OCH3 is 1. The molecule has 0 saturated heterocycles. The number of amides is 1. The van der Waals surface area contributed by atoms with Gasteiger partial charge in [0.1, 0.15) is 17.2 Å². The van der Waals surface area contributed by atoms with E-state index >= 15 is 0 Å². The number of aromatic nitrogens is 3. The molecule has 0 fully saturated rings. The molecule has 27 heavy (non-hydrogen) atoms. The zero-order chi connectivity index (χ0) is 18.8. The van der Waals surface area contributed by atoms with Crippen molar-refractivity contribution in [3.63, 3.8) is 0 Å². The van der Waals surface area contributed by atoms with E-state index in [0.29, 0.717) is 5.82 Å². The molecule has 0 bridgehead atoms. The van der Waals surface area contributed by atoms with Crippen molar-refractivity contribution in [2.45, 2.75) is 0 Å². The molecule has 3 heterocycles. The second-order valence-corrected chi connectivity index (χ2v) is 5.90. The van der Waals surface area contributed by atoms with E-state index in [2.05, 4.69) is 15.3 Å². The van der Waals surface area contributed by atoms with Crippen molar-refractivity contribution < 1.29 is 14.6 Å². The number of nitrogens with zero attached hydrogens (tertiary/aromatic N) is 3. The lowest BCUT2D eigenvalue weighted by Crippen LogP contribution is -2.08. The maximum absolute atomic E-state index is 10.8. The van der Waals surface area contributed by atoms with Crippen molar-refractivity contribution >= 4 is 17.6 Å². The molecule has 0 atom stereocenters. The number of carboxylic acid groups (broad SMARTS) is 1. The van der Waals surface area contributed by atoms with Gasteiger partial charge in [0.2, 0.25) is 0 Å². The molecule has 7 heteroatoms. The quantitative estimate of drug-likeness (QED) is 0.570. The summed E-state index contributed by atoms with van der Waals surface area (Å²) in [5.74, 6) is 1.06. The lowest BCUT2D eigenvalue weighted by atomic mass is 10.0. The molecule has 1 amide bonds. The summed E-state index contributed by atoms with van der Waals surface area (Å²) in [5.41, 5.74) is 4.52. The first-order valence-electron chi connectivity index (χ1n) is 8.22. The molecule has 0 unspecified atom stereocenters. The van der Waals surface area contributed by atoms with Gasteiger partial charge < -0.3 is 14.2 Å². The standard InChI is InChI=1S/C20H16N4O3/c1-27-16-6-7-19-22-17(12-24(19)11-16)14-4-2-13(3-5-14)15-8-9-21-18(10-15)23-20(25)26/h2-12H,1H3,(H,21,23)(H,25,26). The van der Waals surface area contributed by atoms with Crippen LogP contribution in [-0.2, 0) is 0 Å². The monoisotopic (exact) mass is 360 g/mol. The first-order chi connectivity index (χ1) is 13.1. The number of ether oxygens (including phenoxy) is 1. The number of carbonyl (C=O) groups is 1. The Morgan fingerprint density at radius 2 is 1.81 bits per heavy atom. The van der Waals surface area contributed by atoms with Gasteiger partial charge in [0, 0.05) is 18.0 Å². The molecule has 0 aliphatic carbocycles. The summed E-state index contributed by atoms with van der Waals surface area (Å²) in [6, 6.07) is 15.2. The molecule has 0 radical (unpaired) electrons. The summed E-state index contributed by atoms with van der Waals surface area (Å²) < 4.78 is 7.17. The van der Waals surface area contributed by atoms with Gasteiger partial charge >= 0.3 is 6.09 Å². The Morgan fingerprint density at radius 1 is 1.04 bits per heavy atom. The highest BCUT2D eigenvalue weighted by atomic mass is 16.5. The molecule has 0 spiro atoms. The summed E-state index contributed by atoms with van der Waals surface area (Å²) in [6.45, 7) is 0. The van der Waals surface area contributed by atoms with Gasteiger partial charge in [0.15, 0.2) is 0 Å². The minimum atomic E-state index is -1.14. The molecule has 0 aliphatic rings. The Kier molecular flexibility index (Phi) is 4.18. The zero-order valence-electron chi connectivity index (χ0n) is 14.5. The SMILES string of the molecule is COc1ccc2nc(-c3ccc(-c4ccnc(NC(=O)O)c4)cc3)cn2c1. The van der Waals surface area contributed by atoms with Crippen LogP contribution in [0.15, 0.2) is 67.1 Å². The lowest BCUT2D eigenvalue weighted by Gasteiger charge is -2.05. The van der Waals surface area contributed by atoms with Crippen LogP contribution in [0.2, 0.25) is 0 Å². The summed E-state index contributed by atoms with van der Waals surface area (Å²) in [5, 5.41) is 11.1. The third-order valence-corrected chi connectivity index (χ3v) is 4.17. The first kappa shape index (κ1) is 16.6. The van der Waals surface area contributed by atoms with Crippen LogP contribution in [0.1, 0.15) is 0 Å². The molecule has 7 nitrogen and oxygen atoms in total. The molecule has 1 aromatic carbocycles. The van der Waals surface area contributed by atoms with Crippen molar-refractivity contribution in [3.05, 3.63) is 67.1 Å². The van der Waals surface area contributed by atoms with Crippen LogP contribution in [0.4, 0.5) is 10.6 Å². The maximum Gasteiger partial charge on any atom is 0.410 e. The third kappa shape index (κ3) is 3.43. The summed E-state index contributed by atoms with van der Waals surface area (Å²) in [6.07, 6.45) is 4.27. The average molecular weight is 360 g/mol. The van der Waals surface area contributed by atoms with Gasteiger partial charge in [-0.3, -0.25) is 5.32 Å². The first-order valence-corrected chi connectivity index (χ1v) is 8.22. The fourth-order valence-corrected chi connectivity index (χ4v) is 2.85. The Hall–Kier alpha value is -3.87. The lowest BCUT2D eigenvalue weighted by molar-refractivity contribution is 0.209. The van der Waals surface area contributed by atoms with Gasteiger partial charge in [0.05, 0.1) is 19.0 Å². The highest BCUT2D eigenvalue weighted by molar-refractivity contribution is 5.83. The van der Waals surface area contributed by atoms with Crippen LogP contribution in [0, 0.1) is 0 Å². The van der Waals surface area contributed by atoms with Gasteiger partial charge in [-0.1, -0.05) is 24.3 Å². The van der Waals surface area contributed by atoms with Crippen LogP contribution in [0.3, 0.4) is 0 Å². The van der Waals surface area contributed by atoms with E-state index in [1.54, 1.807) is 19.4 Å². The topological polar surface area (TPSA) is 88.8 Å². The molecular weight excluding hydrogens is 344 g/mol. The largest absolute Gasteiger partial charge is 0.495 e. The summed E-state index contributed by atoms with van der Waals surface area (Å²) in [4.78, 5) is 19.4. The second-order valence-electron chi connectivity index (χ2n) is 5.90. The fourth-order valence-electron chi connectivity index (χ4n) is 2.85. The number of nitrogens with one attached hydrogen (secondary N) is 1. The van der Waals surface area contributed by atoms with E-state index in [4.69, 9.17) is 9.84 Å². The number of hydrogen-bond acceptors (Lipinski definition) is 4. The van der Waals surface area contributed by atoms with Crippen LogP contribution >= 0.6 is 0 Å². The highest BCUT2D eigenvalue weighted by Crippen LogP contribution is 2.26. The summed E-state index contributed by atoms with van der Waals surface area (Å²) >= 11 is 0. The van der Waals surface area contributed by atoms with E-state index < -0.39 is 6.09 Å². The summed E-state index contributed by atoms with van der Waals surface area (Å²) in [7, 11) is 1.63. The van der Waals surface area contributed by atoms with Crippen LogP contribution in [0.25, 0.3) is 28.0 Å². The van der Waals surface area contributed by atoms with E-state index in [-0.39, 0.29) is 0 Å². The third-order valence-electron chi connectivity index (χ3n) is 4.17. The van der Waals surface area contributed by atoms with Gasteiger partial charge in [0.25, 0.3) is 0 Å². The highest BCUT2D eigenvalue weighted by Gasteiger charge is 2.07. The molecule has 4 aromatic rings. The van der Waals surface area contributed by atoms with Crippen LogP contribution in [0.5, 0.6) is 5.75 Å². The van der Waals surface area contributed by atoms with Crippen LogP contribution < -0.4 is 10.1 Å². The van der Waals surface area contributed by atoms with Gasteiger partial charge in [-0.2, -0.15) is 0 Å². The fraction of sp³-hybridized carbons (Fsp3) is 0.0500. The van der Waals surface area contributed by atoms with E-state index in [9.17, 15) is 4.79 Å². The normalized spacial score (nSPS) is 10.7. The van der Waals surface area contributed by atoms with Gasteiger partial charge in [-0.25, -0.2) is 14.8 Å². The minimum absolute atomic E-state index is 0.290. The van der Waals surface area contributed by atoms with Gasteiger partial charge in [-0.05, 0) is 35.4 Å². The number of hydrogen-bond donors (Lipinski definition) is 2. The smallest absolute Gasteiger partial charge is 0.410 e. The zero-order valence-corrected chi connectivity index (χ0v) is 14.5. The number of fused-ring (bicyclic) bond motifs is 1. The van der Waals surface area contributed by atoms with E-state index in [1.165, 1.54) is 0 Å². The predicted molar refractivity (Wildman–Crippen MR) is 102 cm³/mol. The number of anilines is 1. The Labute approximate surface area is 154 Å². The average Bonchev–Trinajstić information content (AvgIpc) is 3.11. The van der Waals surface area contributed by atoms with Crippen LogP contribution in [-0.4, -0.2) is 32.7 Å². The molecule has 2 N–H and O–H groups in total. The van der Waals surface area contributed by atoms with Gasteiger partial charge in [-0.15, -0.1) is 0 Å². The number of benzene rings is 1. The van der Waals surface area contributed by atoms with Crippen molar-refractivity contribution in [3.8, 4) is 28.1 Å². The Balaban J connectivity index is 1.63. The second kappa shape index (κ2) is 6.80. The number of pyridine rings is 2. The molecule has 0 saturated carbocycles. The Bertz CT molecular complexity index is 1120. The molecule has 0 aliphatic heterocycles. The van der Waals surface area contributed by atoms with Crippen molar-refractivity contribution in [1.29, 1.82) is 0 Å². The van der Waals surface area contributed by atoms with Crippen molar-refractivity contribution in [1.82, 2.24) is 14.4 Å². The number of imidazole rings is 1. The maximum atomic E-state index is 10.8. The van der Waals surface area contributed by atoms with E-state index in [0.717, 1.165) is 33.8 Å². The van der Waals surface area contributed by atoms with Crippen molar-refractivity contribution in [2.75, 3.05) is 12.4 Å². The van der Waals surface area contributed by atoms with E-state index in [1.807, 2.05) is 59.3 Å². The molecule has 134 valence electrons. The minimum Gasteiger partial charge on any atom is -0.495 e.